The van der Waals surface area contributed by atoms with Crippen molar-refractivity contribution in [3.8, 4) is 0 Å². The second-order valence-corrected chi connectivity index (χ2v) is 6.98. The third-order valence-corrected chi connectivity index (χ3v) is 3.92. The van der Waals surface area contributed by atoms with Gasteiger partial charge in [-0.05, 0) is 36.5 Å². The van der Waals surface area contributed by atoms with Gasteiger partial charge in [-0.1, -0.05) is 39.3 Å². The van der Waals surface area contributed by atoms with E-state index in [1.54, 1.807) is 7.05 Å². The van der Waals surface area contributed by atoms with E-state index >= 15 is 0 Å². The number of guanidine groups is 1. The van der Waals surface area contributed by atoms with Crippen LogP contribution in [0.5, 0.6) is 0 Å². The van der Waals surface area contributed by atoms with Crippen LogP contribution in [0.4, 0.5) is 0 Å². The summed E-state index contributed by atoms with van der Waals surface area (Å²) < 4.78 is 5.57. The third-order valence-electron chi connectivity index (χ3n) is 3.92. The van der Waals surface area contributed by atoms with Crippen LogP contribution in [-0.2, 0) is 11.3 Å². The highest BCUT2D eigenvalue weighted by Gasteiger charge is 2.05. The van der Waals surface area contributed by atoms with E-state index < -0.39 is 0 Å². The summed E-state index contributed by atoms with van der Waals surface area (Å²) in [5.41, 5.74) is 1.79. The maximum atomic E-state index is 12.0. The van der Waals surface area contributed by atoms with Crippen molar-refractivity contribution < 1.29 is 9.53 Å². The van der Waals surface area contributed by atoms with Gasteiger partial charge >= 0.3 is 0 Å². The lowest BCUT2D eigenvalue weighted by Crippen LogP contribution is -2.37. The Bertz CT molecular complexity index is 562. The van der Waals surface area contributed by atoms with Gasteiger partial charge in [-0.3, -0.25) is 9.79 Å². The smallest absolute Gasteiger partial charge is 0.251 e. The predicted octanol–water partition coefficient (Wildman–Crippen LogP) is 3.56. The molecular weight excluding hydrogens is 467 g/mol. The Balaban J connectivity index is 0.00000729. The number of carbonyl (C=O) groups excluding carboxylic acids is 1. The van der Waals surface area contributed by atoms with E-state index in [4.69, 9.17) is 4.74 Å². The number of amides is 1. The summed E-state index contributed by atoms with van der Waals surface area (Å²) in [5.74, 6) is 1.32. The molecule has 0 radical (unpaired) electrons. The molecule has 1 aromatic carbocycles. The molecule has 0 bridgehead atoms. The number of ether oxygens (including phenoxy) is 1. The first-order valence-electron chi connectivity index (χ1n) is 9.96. The molecule has 1 rings (SSSR count). The molecule has 0 aliphatic carbocycles. The minimum atomic E-state index is -0.0138. The van der Waals surface area contributed by atoms with Gasteiger partial charge in [0.25, 0.3) is 5.91 Å². The Labute approximate surface area is 187 Å². The van der Waals surface area contributed by atoms with Crippen LogP contribution in [0.1, 0.15) is 56.0 Å². The maximum Gasteiger partial charge on any atom is 0.251 e. The first kappa shape index (κ1) is 26.6. The van der Waals surface area contributed by atoms with Gasteiger partial charge in [0.2, 0.25) is 0 Å². The van der Waals surface area contributed by atoms with Gasteiger partial charge in [0.1, 0.15) is 0 Å². The van der Waals surface area contributed by atoms with Gasteiger partial charge in [0.05, 0.1) is 0 Å². The van der Waals surface area contributed by atoms with E-state index in [2.05, 4.69) is 41.7 Å². The highest BCUT2D eigenvalue weighted by Crippen LogP contribution is 2.04. The Morgan fingerprint density at radius 1 is 1.07 bits per heavy atom. The molecule has 0 aromatic heterocycles. The maximum absolute atomic E-state index is 12.0. The number of halogens is 1. The number of carbonyl (C=O) groups is 1. The third kappa shape index (κ3) is 12.2. The molecule has 0 spiro atoms. The van der Waals surface area contributed by atoms with Crippen LogP contribution < -0.4 is 16.0 Å². The zero-order chi connectivity index (χ0) is 19.9. The summed E-state index contributed by atoms with van der Waals surface area (Å²) in [6.45, 7) is 10.2. The van der Waals surface area contributed by atoms with E-state index in [1.807, 2.05) is 24.3 Å². The average Bonchev–Trinajstić information content (AvgIpc) is 2.67. The number of unbranched alkanes of at least 4 members (excludes halogenated alkanes) is 1. The molecule has 0 heterocycles. The van der Waals surface area contributed by atoms with E-state index in [1.165, 1.54) is 0 Å². The Morgan fingerprint density at radius 3 is 2.36 bits per heavy atom. The van der Waals surface area contributed by atoms with Crippen LogP contribution >= 0.6 is 24.0 Å². The zero-order valence-corrected chi connectivity index (χ0v) is 20.0. The Hall–Kier alpha value is -1.35. The SMILES string of the molecule is CCCCNC(=O)c1ccc(CNC(=NC)NCCCOCC(C)C)cc1.I. The molecule has 3 N–H and O–H groups in total. The van der Waals surface area contributed by atoms with Crippen molar-refractivity contribution in [2.24, 2.45) is 10.9 Å². The van der Waals surface area contributed by atoms with E-state index in [9.17, 15) is 4.79 Å². The van der Waals surface area contributed by atoms with Crippen LogP contribution in [0.2, 0.25) is 0 Å². The molecular formula is C21H37IN4O2. The summed E-state index contributed by atoms with van der Waals surface area (Å²) in [6.07, 6.45) is 3.02. The standard InChI is InChI=1S/C21H36N4O2.HI/c1-5-6-12-23-20(26)19-10-8-18(9-11-19)15-25-21(22-4)24-13-7-14-27-16-17(2)3;/h8-11,17H,5-7,12-16H2,1-4H3,(H,23,26)(H2,22,24,25);1H. The zero-order valence-electron chi connectivity index (χ0n) is 17.7. The second kappa shape index (κ2) is 16.6. The molecule has 0 aliphatic heterocycles. The van der Waals surface area contributed by atoms with Crippen LogP contribution in [0.3, 0.4) is 0 Å². The van der Waals surface area contributed by atoms with Gasteiger partial charge in [-0.2, -0.15) is 0 Å². The Morgan fingerprint density at radius 2 is 1.75 bits per heavy atom. The van der Waals surface area contributed by atoms with Crippen molar-refractivity contribution in [2.75, 3.05) is 33.4 Å². The molecule has 7 heteroatoms. The van der Waals surface area contributed by atoms with Crippen molar-refractivity contribution in [3.63, 3.8) is 0 Å². The summed E-state index contributed by atoms with van der Waals surface area (Å²) in [6, 6.07) is 7.66. The molecule has 0 saturated heterocycles. The van der Waals surface area contributed by atoms with Gasteiger partial charge in [0.15, 0.2) is 5.96 Å². The van der Waals surface area contributed by atoms with Crippen LogP contribution in [-0.4, -0.2) is 45.2 Å². The molecule has 0 fully saturated rings. The lowest BCUT2D eigenvalue weighted by molar-refractivity contribution is 0.0953. The fourth-order valence-electron chi connectivity index (χ4n) is 2.36. The van der Waals surface area contributed by atoms with E-state index in [-0.39, 0.29) is 29.9 Å². The Kier molecular flexibility index (Phi) is 15.8. The number of hydrogen-bond acceptors (Lipinski definition) is 3. The molecule has 1 aromatic rings. The molecule has 0 saturated carbocycles. The minimum absolute atomic E-state index is 0. The number of rotatable bonds is 12. The molecule has 0 aliphatic rings. The number of hydrogen-bond donors (Lipinski definition) is 3. The molecule has 0 atom stereocenters. The lowest BCUT2D eigenvalue weighted by Gasteiger charge is -2.13. The minimum Gasteiger partial charge on any atom is -0.381 e. The second-order valence-electron chi connectivity index (χ2n) is 6.98. The fraction of sp³-hybridized carbons (Fsp3) is 0.619. The van der Waals surface area contributed by atoms with Crippen LogP contribution in [0, 0.1) is 5.92 Å². The largest absolute Gasteiger partial charge is 0.381 e. The van der Waals surface area contributed by atoms with Gasteiger partial charge < -0.3 is 20.7 Å². The molecule has 0 unspecified atom stereocenters. The molecule has 1 amide bonds. The van der Waals surface area contributed by atoms with E-state index in [0.29, 0.717) is 18.0 Å². The van der Waals surface area contributed by atoms with Crippen molar-refractivity contribution in [1.82, 2.24) is 16.0 Å². The topological polar surface area (TPSA) is 74.8 Å². The highest BCUT2D eigenvalue weighted by atomic mass is 127. The molecule has 6 nitrogen and oxygen atoms in total. The predicted molar refractivity (Wildman–Crippen MR) is 128 cm³/mol. The van der Waals surface area contributed by atoms with E-state index in [0.717, 1.165) is 57.1 Å². The van der Waals surface area contributed by atoms with Gasteiger partial charge in [-0.25, -0.2) is 0 Å². The summed E-state index contributed by atoms with van der Waals surface area (Å²) in [4.78, 5) is 16.2. The number of nitrogens with one attached hydrogen (secondary N) is 3. The van der Waals surface area contributed by atoms with Gasteiger partial charge in [-0.15, -0.1) is 24.0 Å². The molecule has 28 heavy (non-hydrogen) atoms. The first-order chi connectivity index (χ1) is 13.1. The first-order valence-corrected chi connectivity index (χ1v) is 9.96. The number of benzene rings is 1. The van der Waals surface area contributed by atoms with Crippen LogP contribution in [0.25, 0.3) is 0 Å². The normalized spacial score (nSPS) is 11.1. The summed E-state index contributed by atoms with van der Waals surface area (Å²) >= 11 is 0. The monoisotopic (exact) mass is 504 g/mol. The van der Waals surface area contributed by atoms with Crippen molar-refractivity contribution in [2.45, 2.75) is 46.6 Å². The molecule has 160 valence electrons. The number of nitrogens with zero attached hydrogens (tertiary/aromatic N) is 1. The van der Waals surface area contributed by atoms with Crippen molar-refractivity contribution in [1.29, 1.82) is 0 Å². The lowest BCUT2D eigenvalue weighted by atomic mass is 10.1. The van der Waals surface area contributed by atoms with Crippen molar-refractivity contribution >= 4 is 35.8 Å². The quantitative estimate of drug-likeness (QED) is 0.176. The number of aliphatic imine (C=N–C) groups is 1. The average molecular weight is 504 g/mol. The van der Waals surface area contributed by atoms with Gasteiger partial charge in [0, 0.05) is 45.5 Å². The highest BCUT2D eigenvalue weighted by molar-refractivity contribution is 14.0. The summed E-state index contributed by atoms with van der Waals surface area (Å²) in [7, 11) is 1.76. The van der Waals surface area contributed by atoms with Crippen LogP contribution in [0.15, 0.2) is 29.3 Å². The fourth-order valence-corrected chi connectivity index (χ4v) is 2.36. The summed E-state index contributed by atoms with van der Waals surface area (Å²) in [5, 5.41) is 9.49. The van der Waals surface area contributed by atoms with Crippen molar-refractivity contribution in [3.05, 3.63) is 35.4 Å².